The van der Waals surface area contributed by atoms with Gasteiger partial charge in [0.25, 0.3) is 0 Å². The molecule has 1 unspecified atom stereocenters. The summed E-state index contributed by atoms with van der Waals surface area (Å²) in [6.45, 7) is 0.957. The number of hydrogen-bond donors (Lipinski definition) is 3. The topological polar surface area (TPSA) is 70.2 Å². The van der Waals surface area contributed by atoms with Gasteiger partial charge in [-0.05, 0) is 24.1 Å². The Labute approximate surface area is 141 Å². The third-order valence-corrected chi connectivity index (χ3v) is 4.11. The Bertz CT molecular complexity index is 692. The van der Waals surface area contributed by atoms with Gasteiger partial charge in [-0.2, -0.15) is 0 Å². The zero-order valence-corrected chi connectivity index (χ0v) is 13.4. The Balaban J connectivity index is 1.48. The summed E-state index contributed by atoms with van der Waals surface area (Å²) in [5, 5.41) is 2.84. The van der Waals surface area contributed by atoms with Gasteiger partial charge in [0, 0.05) is 36.7 Å². The van der Waals surface area contributed by atoms with Crippen LogP contribution in [0.15, 0.2) is 54.6 Å². The minimum atomic E-state index is -0.146. The number of hydrogen-bond acceptors (Lipinski definition) is 4. The average molecular weight is 323 g/mol. The van der Waals surface area contributed by atoms with Crippen LogP contribution in [0.25, 0.3) is 0 Å². The summed E-state index contributed by atoms with van der Waals surface area (Å²) >= 11 is 0. The van der Waals surface area contributed by atoms with Gasteiger partial charge in [-0.15, -0.1) is 0 Å². The van der Waals surface area contributed by atoms with Crippen molar-refractivity contribution < 1.29 is 9.59 Å². The highest BCUT2D eigenvalue weighted by Crippen LogP contribution is 2.20. The minimum absolute atomic E-state index is 0.0131. The number of Topliss-reactive ketones (excluding diaryl/α,β-unsaturated/α-hetero) is 1. The molecule has 5 nitrogen and oxygen atoms in total. The van der Waals surface area contributed by atoms with Crippen LogP contribution in [0.3, 0.4) is 0 Å². The Morgan fingerprint density at radius 1 is 1.00 bits per heavy atom. The van der Waals surface area contributed by atoms with Crippen LogP contribution in [-0.4, -0.2) is 18.2 Å². The van der Waals surface area contributed by atoms with E-state index in [-0.39, 0.29) is 24.5 Å². The van der Waals surface area contributed by atoms with Crippen molar-refractivity contribution in [3.8, 4) is 0 Å². The Kier molecular flexibility index (Phi) is 5.36. The molecule has 1 heterocycles. The largest absolute Gasteiger partial charge is 0.326 e. The molecule has 0 aliphatic carbocycles. The first-order chi connectivity index (χ1) is 11.7. The van der Waals surface area contributed by atoms with Crippen molar-refractivity contribution in [3.05, 3.63) is 65.7 Å². The summed E-state index contributed by atoms with van der Waals surface area (Å²) in [5.74, 6) is -0.159. The Morgan fingerprint density at radius 2 is 1.75 bits per heavy atom. The van der Waals surface area contributed by atoms with Crippen molar-refractivity contribution in [1.29, 1.82) is 0 Å². The van der Waals surface area contributed by atoms with E-state index in [1.54, 1.807) is 12.1 Å². The van der Waals surface area contributed by atoms with E-state index >= 15 is 0 Å². The zero-order chi connectivity index (χ0) is 16.8. The van der Waals surface area contributed by atoms with E-state index < -0.39 is 0 Å². The molecule has 1 aliphatic rings. The third-order valence-electron chi connectivity index (χ3n) is 4.11. The summed E-state index contributed by atoms with van der Waals surface area (Å²) in [5.41, 5.74) is 8.90. The normalized spacial score (nSPS) is 16.8. The molecule has 3 N–H and O–H groups in total. The summed E-state index contributed by atoms with van der Waals surface area (Å²) in [7, 11) is 0. The van der Waals surface area contributed by atoms with Crippen LogP contribution in [-0.2, 0) is 4.79 Å². The fourth-order valence-electron chi connectivity index (χ4n) is 2.75. The van der Waals surface area contributed by atoms with Crippen molar-refractivity contribution in [2.75, 3.05) is 11.9 Å². The molecule has 24 heavy (non-hydrogen) atoms. The van der Waals surface area contributed by atoms with E-state index in [0.717, 1.165) is 18.7 Å². The van der Waals surface area contributed by atoms with Gasteiger partial charge in [0.05, 0.1) is 0 Å². The second-order valence-corrected chi connectivity index (χ2v) is 5.87. The van der Waals surface area contributed by atoms with Crippen molar-refractivity contribution in [2.45, 2.75) is 25.3 Å². The second-order valence-electron chi connectivity index (χ2n) is 5.87. The summed E-state index contributed by atoms with van der Waals surface area (Å²) < 4.78 is 0. The van der Waals surface area contributed by atoms with Crippen LogP contribution >= 0.6 is 0 Å². The highest BCUT2D eigenvalue weighted by Gasteiger charge is 2.15. The number of rotatable bonds is 6. The van der Waals surface area contributed by atoms with Gasteiger partial charge in [-0.25, -0.2) is 0 Å². The fraction of sp³-hybridized carbons (Fsp3) is 0.263. The summed E-state index contributed by atoms with van der Waals surface area (Å²) in [4.78, 5) is 24.0. The number of benzene rings is 2. The molecule has 0 radical (unpaired) electrons. The minimum Gasteiger partial charge on any atom is -0.326 e. The lowest BCUT2D eigenvalue weighted by atomic mass is 10.0. The molecule has 1 fully saturated rings. The smallest absolute Gasteiger partial charge is 0.224 e. The number of nitrogens with one attached hydrogen (secondary N) is 3. The van der Waals surface area contributed by atoms with Gasteiger partial charge in [-0.3, -0.25) is 20.4 Å². The summed E-state index contributed by atoms with van der Waals surface area (Å²) in [6.07, 6.45) is 1.45. The lowest BCUT2D eigenvalue weighted by molar-refractivity contribution is -0.116. The number of hydrazine groups is 1. The van der Waals surface area contributed by atoms with Gasteiger partial charge in [-0.1, -0.05) is 42.5 Å². The van der Waals surface area contributed by atoms with Crippen molar-refractivity contribution >= 4 is 17.4 Å². The van der Waals surface area contributed by atoms with E-state index in [1.807, 2.05) is 42.5 Å². The number of carbonyl (C=O) groups is 2. The van der Waals surface area contributed by atoms with Gasteiger partial charge in [0.15, 0.2) is 5.78 Å². The maximum atomic E-state index is 12.0. The molecule has 0 bridgehead atoms. The average Bonchev–Trinajstić information content (AvgIpc) is 3.16. The van der Waals surface area contributed by atoms with E-state index in [9.17, 15) is 9.59 Å². The van der Waals surface area contributed by atoms with Crippen LogP contribution in [0.2, 0.25) is 0 Å². The van der Waals surface area contributed by atoms with E-state index in [2.05, 4.69) is 16.2 Å². The monoisotopic (exact) mass is 323 g/mol. The fourth-order valence-corrected chi connectivity index (χ4v) is 2.75. The van der Waals surface area contributed by atoms with E-state index in [0.29, 0.717) is 11.6 Å². The zero-order valence-electron chi connectivity index (χ0n) is 13.4. The lowest BCUT2D eigenvalue weighted by Gasteiger charge is -2.11. The molecule has 1 atom stereocenters. The Morgan fingerprint density at radius 3 is 2.42 bits per heavy atom. The summed E-state index contributed by atoms with van der Waals surface area (Å²) in [6, 6.07) is 17.2. The first-order valence-corrected chi connectivity index (χ1v) is 8.19. The molecule has 3 rings (SSSR count). The standard InChI is InChI=1S/C19H21N3O2/c23-18(15-4-2-1-3-5-15)10-11-19(24)21-16-8-6-14(7-9-16)17-12-13-20-22-17/h1-9,17,20,22H,10-13H2,(H,21,24). The second kappa shape index (κ2) is 7.86. The molecule has 0 aromatic heterocycles. The third kappa shape index (κ3) is 4.28. The molecule has 1 aliphatic heterocycles. The van der Waals surface area contributed by atoms with Crippen LogP contribution in [0.5, 0.6) is 0 Å². The highest BCUT2D eigenvalue weighted by molar-refractivity contribution is 5.99. The van der Waals surface area contributed by atoms with Crippen molar-refractivity contribution in [3.63, 3.8) is 0 Å². The van der Waals surface area contributed by atoms with Gasteiger partial charge in [0.2, 0.25) is 5.91 Å². The van der Waals surface area contributed by atoms with E-state index in [4.69, 9.17) is 0 Å². The van der Waals surface area contributed by atoms with Crippen molar-refractivity contribution in [2.24, 2.45) is 0 Å². The maximum absolute atomic E-state index is 12.0. The predicted molar refractivity (Wildman–Crippen MR) is 93.6 cm³/mol. The highest BCUT2D eigenvalue weighted by atomic mass is 16.2. The first kappa shape index (κ1) is 16.4. The van der Waals surface area contributed by atoms with E-state index in [1.165, 1.54) is 5.56 Å². The van der Waals surface area contributed by atoms with Crippen LogP contribution in [0.1, 0.15) is 41.2 Å². The predicted octanol–water partition coefficient (Wildman–Crippen LogP) is 2.83. The molecule has 1 amide bonds. The molecule has 2 aromatic carbocycles. The molecule has 0 saturated carbocycles. The quantitative estimate of drug-likeness (QED) is 0.715. The lowest BCUT2D eigenvalue weighted by Crippen LogP contribution is -2.24. The van der Waals surface area contributed by atoms with Crippen LogP contribution < -0.4 is 16.2 Å². The van der Waals surface area contributed by atoms with Gasteiger partial charge < -0.3 is 5.32 Å². The molecule has 2 aromatic rings. The van der Waals surface area contributed by atoms with Crippen LogP contribution in [0.4, 0.5) is 5.69 Å². The molecule has 0 spiro atoms. The van der Waals surface area contributed by atoms with Gasteiger partial charge in [0.1, 0.15) is 0 Å². The number of ketones is 1. The number of amides is 1. The number of anilines is 1. The van der Waals surface area contributed by atoms with Crippen LogP contribution in [0, 0.1) is 0 Å². The Hall–Kier alpha value is -2.50. The maximum Gasteiger partial charge on any atom is 0.224 e. The molecule has 5 heteroatoms. The molecular formula is C19H21N3O2. The molecule has 1 saturated heterocycles. The van der Waals surface area contributed by atoms with Crippen molar-refractivity contribution in [1.82, 2.24) is 10.9 Å². The van der Waals surface area contributed by atoms with Gasteiger partial charge >= 0.3 is 0 Å². The first-order valence-electron chi connectivity index (χ1n) is 8.19. The molecule has 124 valence electrons. The number of carbonyl (C=O) groups excluding carboxylic acids is 2. The molecular weight excluding hydrogens is 302 g/mol. The SMILES string of the molecule is O=C(CCC(=O)c1ccccc1)Nc1ccc(C2CCNN2)cc1.